The molecule has 0 spiro atoms. The molecule has 0 aromatic heterocycles. The number of hydrogen-bond donors (Lipinski definition) is 0. The van der Waals surface area contributed by atoms with Gasteiger partial charge in [0.1, 0.15) is 5.75 Å². The van der Waals surface area contributed by atoms with Crippen molar-refractivity contribution < 1.29 is 17.9 Å². The second-order valence-electron chi connectivity index (χ2n) is 4.25. The Balaban J connectivity index is 2.15. The fraction of sp³-hybridized carbons (Fsp3) is 0.200. The van der Waals surface area contributed by atoms with Gasteiger partial charge in [-0.1, -0.05) is 49.4 Å². The zero-order valence-electron chi connectivity index (χ0n) is 10.3. The van der Waals surface area contributed by atoms with Crippen LogP contribution >= 0.6 is 0 Å². The molecule has 2 aromatic carbocycles. The second-order valence-corrected chi connectivity index (χ2v) is 4.25. The lowest BCUT2D eigenvalue weighted by Gasteiger charge is -2.14. The average Bonchev–Trinajstić information content (AvgIpc) is 2.38. The first-order valence-corrected chi connectivity index (χ1v) is 5.86. The second kappa shape index (κ2) is 5.34. The van der Waals surface area contributed by atoms with Crippen LogP contribution in [0.4, 0.5) is 13.2 Å². The summed E-state index contributed by atoms with van der Waals surface area (Å²) in [5.74, 6) is -0.0716. The first-order valence-electron chi connectivity index (χ1n) is 5.86. The summed E-state index contributed by atoms with van der Waals surface area (Å²) < 4.78 is 40.0. The fourth-order valence-electron chi connectivity index (χ4n) is 1.89. The minimum atomic E-state index is -4.65. The zero-order valence-corrected chi connectivity index (χ0v) is 10.3. The molecule has 0 amide bonds. The molecule has 4 heteroatoms. The highest BCUT2D eigenvalue weighted by atomic mass is 19.4. The molecule has 0 heterocycles. The number of alkyl halides is 3. The van der Waals surface area contributed by atoms with E-state index in [-0.39, 0.29) is 11.7 Å². The fourth-order valence-corrected chi connectivity index (χ4v) is 1.89. The highest BCUT2D eigenvalue weighted by molar-refractivity contribution is 5.35. The standard InChI is InChI=1S/C15H13F3O/c1-11(12-5-3-2-4-6-12)13-7-9-14(10-8-13)19-15(16,17)18/h2-11H,1H3/t11-/m1/s1. The van der Waals surface area contributed by atoms with E-state index in [1.807, 2.05) is 37.3 Å². The maximum atomic E-state index is 12.0. The van der Waals surface area contributed by atoms with Gasteiger partial charge in [0.15, 0.2) is 0 Å². The molecule has 0 radical (unpaired) electrons. The van der Waals surface area contributed by atoms with Gasteiger partial charge in [0.05, 0.1) is 0 Å². The van der Waals surface area contributed by atoms with Gasteiger partial charge in [-0.2, -0.15) is 0 Å². The molecular weight excluding hydrogens is 253 g/mol. The van der Waals surface area contributed by atoms with Crippen LogP contribution in [0.25, 0.3) is 0 Å². The third kappa shape index (κ3) is 3.74. The molecule has 0 aliphatic rings. The third-order valence-corrected chi connectivity index (χ3v) is 2.91. The molecule has 0 unspecified atom stereocenters. The Bertz CT molecular complexity index is 517. The van der Waals surface area contributed by atoms with Crippen molar-refractivity contribution in [2.45, 2.75) is 19.2 Å². The highest BCUT2D eigenvalue weighted by Crippen LogP contribution is 2.27. The van der Waals surface area contributed by atoms with Crippen LogP contribution in [0.15, 0.2) is 54.6 Å². The lowest BCUT2D eigenvalue weighted by Crippen LogP contribution is -2.17. The minimum Gasteiger partial charge on any atom is -0.406 e. The van der Waals surface area contributed by atoms with E-state index < -0.39 is 6.36 Å². The van der Waals surface area contributed by atoms with Crippen LogP contribution in [-0.2, 0) is 0 Å². The monoisotopic (exact) mass is 266 g/mol. The maximum Gasteiger partial charge on any atom is 0.573 e. The summed E-state index contributed by atoms with van der Waals surface area (Å²) in [5, 5.41) is 0. The number of rotatable bonds is 3. The topological polar surface area (TPSA) is 9.23 Å². The van der Waals surface area contributed by atoms with Gasteiger partial charge >= 0.3 is 6.36 Å². The van der Waals surface area contributed by atoms with Crippen LogP contribution in [0.3, 0.4) is 0 Å². The van der Waals surface area contributed by atoms with Crippen LogP contribution in [-0.4, -0.2) is 6.36 Å². The number of ether oxygens (including phenoxy) is 1. The van der Waals surface area contributed by atoms with Crippen molar-refractivity contribution in [1.82, 2.24) is 0 Å². The Morgan fingerprint density at radius 1 is 0.842 bits per heavy atom. The lowest BCUT2D eigenvalue weighted by molar-refractivity contribution is -0.274. The molecule has 2 rings (SSSR count). The predicted molar refractivity (Wildman–Crippen MR) is 67.1 cm³/mol. The van der Waals surface area contributed by atoms with Crippen molar-refractivity contribution in [1.29, 1.82) is 0 Å². The molecule has 0 bridgehead atoms. The Labute approximate surface area is 109 Å². The molecule has 0 saturated carbocycles. The van der Waals surface area contributed by atoms with Gasteiger partial charge in [-0.15, -0.1) is 13.2 Å². The smallest absolute Gasteiger partial charge is 0.406 e. The van der Waals surface area contributed by atoms with Crippen molar-refractivity contribution in [2.24, 2.45) is 0 Å². The number of hydrogen-bond acceptors (Lipinski definition) is 1. The number of benzene rings is 2. The van der Waals surface area contributed by atoms with Crippen LogP contribution in [0.1, 0.15) is 24.0 Å². The van der Waals surface area contributed by atoms with Crippen molar-refractivity contribution in [3.8, 4) is 5.75 Å². The molecule has 1 atom stereocenters. The molecular formula is C15H13F3O. The largest absolute Gasteiger partial charge is 0.573 e. The average molecular weight is 266 g/mol. The summed E-state index contributed by atoms with van der Waals surface area (Å²) >= 11 is 0. The normalized spacial score (nSPS) is 13.1. The Morgan fingerprint density at radius 3 is 1.89 bits per heavy atom. The van der Waals surface area contributed by atoms with Gasteiger partial charge in [-0.05, 0) is 23.3 Å². The minimum absolute atomic E-state index is 0.126. The van der Waals surface area contributed by atoms with Gasteiger partial charge in [-0.3, -0.25) is 0 Å². The van der Waals surface area contributed by atoms with Crippen molar-refractivity contribution >= 4 is 0 Å². The molecule has 0 fully saturated rings. The highest BCUT2D eigenvalue weighted by Gasteiger charge is 2.31. The van der Waals surface area contributed by atoms with E-state index in [1.54, 1.807) is 12.1 Å². The summed E-state index contributed by atoms with van der Waals surface area (Å²) in [6.45, 7) is 2.01. The third-order valence-electron chi connectivity index (χ3n) is 2.91. The van der Waals surface area contributed by atoms with Crippen LogP contribution in [0, 0.1) is 0 Å². The van der Waals surface area contributed by atoms with Crippen LogP contribution < -0.4 is 4.74 Å². The summed E-state index contributed by atoms with van der Waals surface area (Å²) in [7, 11) is 0. The Hall–Kier alpha value is -1.97. The van der Waals surface area contributed by atoms with E-state index in [0.717, 1.165) is 11.1 Å². The molecule has 0 aliphatic heterocycles. The number of halogens is 3. The molecule has 0 aliphatic carbocycles. The summed E-state index contributed by atoms with van der Waals surface area (Å²) in [4.78, 5) is 0. The summed E-state index contributed by atoms with van der Waals surface area (Å²) in [5.41, 5.74) is 2.06. The predicted octanol–water partition coefficient (Wildman–Crippen LogP) is 4.74. The maximum absolute atomic E-state index is 12.0. The van der Waals surface area contributed by atoms with Crippen molar-refractivity contribution in [3.63, 3.8) is 0 Å². The summed E-state index contributed by atoms with van der Waals surface area (Å²) in [6, 6.07) is 15.8. The quantitative estimate of drug-likeness (QED) is 0.779. The van der Waals surface area contributed by atoms with E-state index in [9.17, 15) is 13.2 Å². The lowest BCUT2D eigenvalue weighted by atomic mass is 9.93. The summed E-state index contributed by atoms with van der Waals surface area (Å²) in [6.07, 6.45) is -4.65. The molecule has 1 nitrogen and oxygen atoms in total. The van der Waals surface area contributed by atoms with Gasteiger partial charge in [0.2, 0.25) is 0 Å². The molecule has 19 heavy (non-hydrogen) atoms. The van der Waals surface area contributed by atoms with E-state index in [2.05, 4.69) is 4.74 Å². The molecule has 0 saturated heterocycles. The van der Waals surface area contributed by atoms with Gasteiger partial charge in [-0.25, -0.2) is 0 Å². The van der Waals surface area contributed by atoms with Gasteiger partial charge in [0.25, 0.3) is 0 Å². The molecule has 0 N–H and O–H groups in total. The van der Waals surface area contributed by atoms with Gasteiger partial charge < -0.3 is 4.74 Å². The van der Waals surface area contributed by atoms with Crippen molar-refractivity contribution in [3.05, 3.63) is 65.7 Å². The Morgan fingerprint density at radius 2 is 1.37 bits per heavy atom. The van der Waals surface area contributed by atoms with Crippen LogP contribution in [0.5, 0.6) is 5.75 Å². The Kier molecular flexibility index (Phi) is 3.79. The van der Waals surface area contributed by atoms with Crippen LogP contribution in [0.2, 0.25) is 0 Å². The first kappa shape index (κ1) is 13.5. The molecule has 2 aromatic rings. The molecule has 100 valence electrons. The van der Waals surface area contributed by atoms with E-state index in [1.165, 1.54) is 12.1 Å². The first-order chi connectivity index (χ1) is 8.96. The zero-order chi connectivity index (χ0) is 13.9. The van der Waals surface area contributed by atoms with E-state index >= 15 is 0 Å². The van der Waals surface area contributed by atoms with E-state index in [0.29, 0.717) is 0 Å². The SMILES string of the molecule is C[C@H](c1ccccc1)c1ccc(OC(F)(F)F)cc1. The van der Waals surface area contributed by atoms with Gasteiger partial charge in [0, 0.05) is 5.92 Å². The van der Waals surface area contributed by atoms with E-state index in [4.69, 9.17) is 0 Å². The van der Waals surface area contributed by atoms with Crippen molar-refractivity contribution in [2.75, 3.05) is 0 Å².